The number of carbonyl (C=O) groups excluding carboxylic acids is 3. The van der Waals surface area contributed by atoms with Gasteiger partial charge in [0, 0.05) is 17.7 Å². The van der Waals surface area contributed by atoms with Crippen molar-refractivity contribution >= 4 is 23.6 Å². The van der Waals surface area contributed by atoms with Gasteiger partial charge in [0.15, 0.2) is 0 Å². The minimum Gasteiger partial charge on any atom is -0.466 e. The Labute approximate surface area is 216 Å². The quantitative estimate of drug-likeness (QED) is 0.400. The number of aromatic nitrogens is 2. The molecule has 9 nitrogen and oxygen atoms in total. The lowest BCUT2D eigenvalue weighted by Gasteiger charge is -2.28. The summed E-state index contributed by atoms with van der Waals surface area (Å²) >= 11 is 0. The first-order valence-electron chi connectivity index (χ1n) is 12.6. The number of nitrogen functional groups attached to an aromatic ring is 1. The smallest absolute Gasteiger partial charge is 0.308 e. The van der Waals surface area contributed by atoms with E-state index in [9.17, 15) is 14.4 Å². The molecule has 37 heavy (non-hydrogen) atoms. The van der Waals surface area contributed by atoms with Crippen LogP contribution in [0.25, 0.3) is 11.3 Å². The summed E-state index contributed by atoms with van der Waals surface area (Å²) in [6.45, 7) is 4.38. The highest BCUT2D eigenvalue weighted by Crippen LogP contribution is 2.37. The summed E-state index contributed by atoms with van der Waals surface area (Å²) in [5.74, 6) is -1.04. The molecule has 2 amide bonds. The van der Waals surface area contributed by atoms with Gasteiger partial charge in [-0.1, -0.05) is 48.9 Å². The normalized spacial score (nSPS) is 17.2. The first-order chi connectivity index (χ1) is 17.8. The van der Waals surface area contributed by atoms with Gasteiger partial charge in [0.05, 0.1) is 18.6 Å². The molecule has 1 aliphatic carbocycles. The second-order valence-corrected chi connectivity index (χ2v) is 9.38. The average Bonchev–Trinajstić information content (AvgIpc) is 3.25. The molecule has 2 atom stereocenters. The number of hydrogen-bond donors (Lipinski definition) is 3. The minimum absolute atomic E-state index is 0.133. The van der Waals surface area contributed by atoms with Crippen LogP contribution in [-0.2, 0) is 16.1 Å². The summed E-state index contributed by atoms with van der Waals surface area (Å²) in [7, 11) is 0. The van der Waals surface area contributed by atoms with Crippen molar-refractivity contribution in [3.8, 4) is 11.3 Å². The molecule has 1 fully saturated rings. The molecule has 4 rings (SSSR count). The lowest BCUT2D eigenvalue weighted by Crippen LogP contribution is -2.27. The Balaban J connectivity index is 1.52. The van der Waals surface area contributed by atoms with Crippen molar-refractivity contribution in [2.75, 3.05) is 12.3 Å². The van der Waals surface area contributed by atoms with E-state index in [0.29, 0.717) is 36.4 Å². The minimum atomic E-state index is -0.661. The van der Waals surface area contributed by atoms with Gasteiger partial charge in [-0.2, -0.15) is 5.10 Å². The highest BCUT2D eigenvalue weighted by Gasteiger charge is 2.32. The predicted octanol–water partition coefficient (Wildman–Crippen LogP) is 3.76. The zero-order valence-electron chi connectivity index (χ0n) is 21.2. The number of ether oxygens (including phenoxy) is 1. The fourth-order valence-corrected chi connectivity index (χ4v) is 4.92. The number of nitrogens with one attached hydrogen (secondary N) is 1. The number of hydrogen-bond acceptors (Lipinski definition) is 6. The second kappa shape index (κ2) is 11.3. The van der Waals surface area contributed by atoms with Crippen LogP contribution in [0, 0.1) is 12.8 Å². The van der Waals surface area contributed by atoms with Crippen molar-refractivity contribution in [2.24, 2.45) is 11.7 Å². The maximum Gasteiger partial charge on any atom is 0.308 e. The highest BCUT2D eigenvalue weighted by molar-refractivity contribution is 6.03. The summed E-state index contributed by atoms with van der Waals surface area (Å²) < 4.78 is 6.84. The molecule has 1 aliphatic rings. The molecule has 5 N–H and O–H groups in total. The van der Waals surface area contributed by atoms with Crippen molar-refractivity contribution in [1.82, 2.24) is 15.1 Å². The third-order valence-corrected chi connectivity index (χ3v) is 6.88. The number of carbonyl (C=O) groups is 3. The third-order valence-electron chi connectivity index (χ3n) is 6.88. The number of primary amides is 1. The number of nitrogens with two attached hydrogens (primary N) is 2. The number of esters is 1. The lowest BCUT2D eigenvalue weighted by atomic mass is 9.86. The van der Waals surface area contributed by atoms with Crippen molar-refractivity contribution < 1.29 is 19.1 Å². The van der Waals surface area contributed by atoms with Crippen LogP contribution in [0.1, 0.15) is 70.5 Å². The highest BCUT2D eigenvalue weighted by atomic mass is 16.5. The van der Waals surface area contributed by atoms with Gasteiger partial charge < -0.3 is 21.5 Å². The Morgan fingerprint density at radius 2 is 1.84 bits per heavy atom. The molecule has 0 bridgehead atoms. The lowest BCUT2D eigenvalue weighted by molar-refractivity contribution is -0.149. The maximum absolute atomic E-state index is 12.5. The van der Waals surface area contributed by atoms with Crippen LogP contribution in [0.2, 0.25) is 0 Å². The average molecular weight is 504 g/mol. The number of amides is 2. The van der Waals surface area contributed by atoms with Gasteiger partial charge in [-0.3, -0.25) is 14.4 Å². The van der Waals surface area contributed by atoms with Crippen LogP contribution in [-0.4, -0.2) is 34.2 Å². The van der Waals surface area contributed by atoms with Crippen LogP contribution in [0.15, 0.2) is 48.5 Å². The Morgan fingerprint density at radius 3 is 2.51 bits per heavy atom. The molecule has 1 aromatic heterocycles. The first kappa shape index (κ1) is 25.9. The second-order valence-electron chi connectivity index (χ2n) is 9.38. The van der Waals surface area contributed by atoms with E-state index in [1.807, 2.05) is 49.4 Å². The van der Waals surface area contributed by atoms with Gasteiger partial charge in [-0.15, -0.1) is 0 Å². The van der Waals surface area contributed by atoms with Crippen molar-refractivity contribution in [1.29, 1.82) is 0 Å². The van der Waals surface area contributed by atoms with Gasteiger partial charge in [-0.05, 0) is 50.3 Å². The summed E-state index contributed by atoms with van der Waals surface area (Å²) in [5, 5.41) is 7.62. The molecule has 194 valence electrons. The largest absolute Gasteiger partial charge is 0.466 e. The van der Waals surface area contributed by atoms with Crippen LogP contribution in [0.5, 0.6) is 0 Å². The van der Waals surface area contributed by atoms with E-state index in [1.165, 1.54) is 0 Å². The molecule has 1 saturated carbocycles. The van der Waals surface area contributed by atoms with Crippen molar-refractivity contribution in [2.45, 2.75) is 52.1 Å². The maximum atomic E-state index is 12.5. The molecule has 1 heterocycles. The van der Waals surface area contributed by atoms with E-state index in [1.54, 1.807) is 17.7 Å². The molecule has 0 aliphatic heterocycles. The summed E-state index contributed by atoms with van der Waals surface area (Å²) in [4.78, 5) is 37.2. The molecule has 9 heteroatoms. The van der Waals surface area contributed by atoms with Crippen LogP contribution in [0.4, 0.5) is 5.82 Å². The fourth-order valence-electron chi connectivity index (χ4n) is 4.92. The molecular formula is C28H33N5O4. The van der Waals surface area contributed by atoms with Gasteiger partial charge in [0.1, 0.15) is 17.1 Å². The Morgan fingerprint density at radius 1 is 1.11 bits per heavy atom. The predicted molar refractivity (Wildman–Crippen MR) is 141 cm³/mol. The van der Waals surface area contributed by atoms with Gasteiger partial charge in [0.2, 0.25) is 0 Å². The number of benzene rings is 2. The van der Waals surface area contributed by atoms with E-state index in [2.05, 4.69) is 10.4 Å². The van der Waals surface area contributed by atoms with Crippen LogP contribution >= 0.6 is 0 Å². The monoisotopic (exact) mass is 503 g/mol. The standard InChI is InChI=1S/C28H33N5O4/c1-3-37-28(36)20-8-6-9-21(15-20)33-25(29)23(26(30)34)24(32-33)19-13-11-18(12-14-19)16-31-27(35)22-10-5-4-7-17(22)2/h4-5,7,10-14,20-21H,3,6,8-9,15-16,29H2,1-2H3,(H2,30,34)(H,31,35). The zero-order chi connectivity index (χ0) is 26.5. The third kappa shape index (κ3) is 5.66. The first-order valence-corrected chi connectivity index (χ1v) is 12.6. The molecular weight excluding hydrogens is 470 g/mol. The SMILES string of the molecule is CCOC(=O)C1CCCC(n2nc(-c3ccc(CNC(=O)c4ccccc4C)cc3)c(C(N)=O)c2N)C1. The molecule has 0 saturated heterocycles. The van der Waals surface area contributed by atoms with Gasteiger partial charge >= 0.3 is 5.97 Å². The van der Waals surface area contributed by atoms with Crippen molar-refractivity contribution in [3.05, 3.63) is 70.8 Å². The van der Waals surface area contributed by atoms with Crippen LogP contribution < -0.4 is 16.8 Å². The Bertz CT molecular complexity index is 1300. The summed E-state index contributed by atoms with van der Waals surface area (Å²) in [6, 6.07) is 14.7. The number of anilines is 1. The fraction of sp³-hybridized carbons (Fsp3) is 0.357. The number of aryl methyl sites for hydroxylation is 1. The molecule has 0 spiro atoms. The molecule has 2 aromatic carbocycles. The van der Waals surface area contributed by atoms with E-state index in [0.717, 1.165) is 30.4 Å². The molecule has 0 radical (unpaired) electrons. The van der Waals surface area contributed by atoms with E-state index < -0.39 is 5.91 Å². The van der Waals surface area contributed by atoms with Gasteiger partial charge in [0.25, 0.3) is 11.8 Å². The molecule has 3 aromatic rings. The number of nitrogens with zero attached hydrogens (tertiary/aromatic N) is 2. The van der Waals surface area contributed by atoms with E-state index >= 15 is 0 Å². The number of rotatable bonds is 8. The van der Waals surface area contributed by atoms with Gasteiger partial charge in [-0.25, -0.2) is 4.68 Å². The zero-order valence-corrected chi connectivity index (χ0v) is 21.2. The topological polar surface area (TPSA) is 142 Å². The Kier molecular flexibility index (Phi) is 7.91. The van der Waals surface area contributed by atoms with Crippen LogP contribution in [0.3, 0.4) is 0 Å². The Hall–Kier alpha value is -4.14. The summed E-state index contributed by atoms with van der Waals surface area (Å²) in [5.41, 5.74) is 15.8. The summed E-state index contributed by atoms with van der Waals surface area (Å²) in [6.07, 6.45) is 2.92. The van der Waals surface area contributed by atoms with E-state index in [-0.39, 0.29) is 35.2 Å². The van der Waals surface area contributed by atoms with E-state index in [4.69, 9.17) is 16.2 Å². The van der Waals surface area contributed by atoms with Crippen molar-refractivity contribution in [3.63, 3.8) is 0 Å². The molecule has 2 unspecified atom stereocenters.